The van der Waals surface area contributed by atoms with Crippen molar-refractivity contribution >= 4 is 22.8 Å². The maximum Gasteiger partial charge on any atom is 0.268 e. The number of rotatable bonds is 4. The average Bonchev–Trinajstić information content (AvgIpc) is 2.76. The van der Waals surface area contributed by atoms with E-state index in [-0.39, 0.29) is 28.6 Å². The fourth-order valence-corrected chi connectivity index (χ4v) is 3.67. The lowest BCUT2D eigenvalue weighted by molar-refractivity contribution is 0.605. The number of hydrogen-bond donors (Lipinski definition) is 2. The Morgan fingerprint density at radius 1 is 1.19 bits per heavy atom. The molecular weight excluding hydrogens is 414 g/mol. The normalized spacial score (nSPS) is 11.8. The molecule has 0 aliphatic carbocycles. The summed E-state index contributed by atoms with van der Waals surface area (Å²) in [5.74, 6) is -0.796. The number of nitrogens with zero attached hydrogens (tertiary/aromatic N) is 4. The minimum Gasteiger partial charge on any atom is -0.392 e. The van der Waals surface area contributed by atoms with Crippen LogP contribution in [-0.2, 0) is 0 Å². The highest BCUT2D eigenvalue weighted by atomic mass is 19.1. The maximum atomic E-state index is 14.2. The van der Waals surface area contributed by atoms with Crippen LogP contribution in [0.1, 0.15) is 24.2 Å². The van der Waals surface area contributed by atoms with Gasteiger partial charge in [-0.25, -0.2) is 23.6 Å². The van der Waals surface area contributed by atoms with Crippen molar-refractivity contribution in [2.24, 2.45) is 0 Å². The molecule has 0 spiro atoms. The van der Waals surface area contributed by atoms with Gasteiger partial charge in [0.1, 0.15) is 29.6 Å². The van der Waals surface area contributed by atoms with Gasteiger partial charge in [0.25, 0.3) is 11.2 Å². The molecule has 0 saturated heterocycles. The van der Waals surface area contributed by atoms with E-state index >= 15 is 0 Å². The van der Waals surface area contributed by atoms with Gasteiger partial charge in [0.05, 0.1) is 17.8 Å². The van der Waals surface area contributed by atoms with Crippen molar-refractivity contribution < 1.29 is 8.78 Å². The van der Waals surface area contributed by atoms with Crippen LogP contribution in [0.25, 0.3) is 21.5 Å². The lowest BCUT2D eigenvalue weighted by Crippen LogP contribution is -2.23. The van der Waals surface area contributed by atoms with Gasteiger partial charge in [-0.2, -0.15) is 0 Å². The summed E-state index contributed by atoms with van der Waals surface area (Å²) in [5.41, 5.74) is 7.07. The molecule has 4 rings (SSSR count). The Hall–Kier alpha value is -4.32. The smallest absolute Gasteiger partial charge is 0.268 e. The highest BCUT2D eigenvalue weighted by Gasteiger charge is 2.21. The van der Waals surface area contributed by atoms with E-state index in [0.29, 0.717) is 16.6 Å². The molecule has 0 amide bonds. The van der Waals surface area contributed by atoms with Gasteiger partial charge >= 0.3 is 0 Å². The van der Waals surface area contributed by atoms with Crippen molar-refractivity contribution in [2.75, 3.05) is 11.1 Å². The third-order valence-electron chi connectivity index (χ3n) is 5.24. The van der Waals surface area contributed by atoms with E-state index in [9.17, 15) is 13.6 Å². The zero-order valence-electron chi connectivity index (χ0n) is 17.2. The summed E-state index contributed by atoms with van der Waals surface area (Å²) >= 11 is 0. The van der Waals surface area contributed by atoms with Crippen LogP contribution < -0.4 is 16.6 Å². The number of hydrogen-bond acceptors (Lipinski definition) is 5. The van der Waals surface area contributed by atoms with Crippen LogP contribution in [0.2, 0.25) is 0 Å². The first-order chi connectivity index (χ1) is 15.3. The average molecular weight is 432 g/mol. The van der Waals surface area contributed by atoms with E-state index in [4.69, 9.17) is 12.3 Å². The first-order valence-corrected chi connectivity index (χ1v) is 9.67. The standard InChI is InChI=1S/C23H18F2N6O/c1-12(30-22-20(27-3)21(26)28-11-29-22)17-10-16-7-8-18(25)13(2)31(16)23(32)19(17)14-5-4-6-15(24)9-14/h4-12H,1-2H3,(H3,26,28,29,30)/t12-/m1/s1. The molecule has 1 aromatic carbocycles. The summed E-state index contributed by atoms with van der Waals surface area (Å²) in [4.78, 5) is 24.8. The van der Waals surface area contributed by atoms with Crippen molar-refractivity contribution in [2.45, 2.75) is 19.9 Å². The quantitative estimate of drug-likeness (QED) is 0.458. The largest absolute Gasteiger partial charge is 0.392 e. The van der Waals surface area contributed by atoms with Gasteiger partial charge in [-0.3, -0.25) is 9.20 Å². The number of anilines is 2. The molecule has 7 nitrogen and oxygen atoms in total. The Morgan fingerprint density at radius 2 is 1.97 bits per heavy atom. The van der Waals surface area contributed by atoms with E-state index in [1.54, 1.807) is 19.1 Å². The molecule has 1 atom stereocenters. The lowest BCUT2D eigenvalue weighted by Gasteiger charge is -2.21. The Balaban J connectivity index is 1.97. The summed E-state index contributed by atoms with van der Waals surface area (Å²) in [6.07, 6.45) is 1.23. The predicted octanol–water partition coefficient (Wildman–Crippen LogP) is 4.65. The third-order valence-corrected chi connectivity index (χ3v) is 5.24. The molecule has 0 radical (unpaired) electrons. The van der Waals surface area contributed by atoms with Gasteiger partial charge in [-0.15, -0.1) is 0 Å². The number of aryl methyl sites for hydroxylation is 1. The fraction of sp³-hybridized carbons (Fsp3) is 0.130. The number of nitrogens with one attached hydrogen (secondary N) is 1. The molecule has 3 heterocycles. The van der Waals surface area contributed by atoms with Gasteiger partial charge in [0, 0.05) is 11.6 Å². The van der Waals surface area contributed by atoms with Crippen LogP contribution in [0.3, 0.4) is 0 Å². The summed E-state index contributed by atoms with van der Waals surface area (Å²) < 4.78 is 29.5. The Bertz CT molecular complexity index is 1460. The van der Waals surface area contributed by atoms with Gasteiger partial charge in [0.2, 0.25) is 0 Å². The number of nitrogen functional groups attached to an aromatic ring is 1. The molecule has 9 heteroatoms. The third kappa shape index (κ3) is 3.52. The van der Waals surface area contributed by atoms with Crippen LogP contribution in [0.5, 0.6) is 0 Å². The molecule has 0 bridgehead atoms. The highest BCUT2D eigenvalue weighted by Crippen LogP contribution is 2.33. The van der Waals surface area contributed by atoms with Crippen LogP contribution in [0.4, 0.5) is 26.1 Å². The van der Waals surface area contributed by atoms with Gasteiger partial charge < -0.3 is 11.1 Å². The fourth-order valence-electron chi connectivity index (χ4n) is 3.67. The van der Waals surface area contributed by atoms with Gasteiger partial charge in [-0.1, -0.05) is 12.1 Å². The number of benzene rings is 1. The van der Waals surface area contributed by atoms with Crippen molar-refractivity contribution in [3.05, 3.63) is 93.5 Å². The summed E-state index contributed by atoms with van der Waals surface area (Å²) in [5, 5.41) is 3.10. The molecule has 0 aliphatic heterocycles. The topological polar surface area (TPSA) is 89.7 Å². The summed E-state index contributed by atoms with van der Waals surface area (Å²) in [7, 11) is 0. The Morgan fingerprint density at radius 3 is 2.69 bits per heavy atom. The highest BCUT2D eigenvalue weighted by molar-refractivity contribution is 5.77. The number of fused-ring (bicyclic) bond motifs is 1. The monoisotopic (exact) mass is 432 g/mol. The van der Waals surface area contributed by atoms with E-state index in [0.717, 1.165) is 0 Å². The van der Waals surface area contributed by atoms with Crippen LogP contribution >= 0.6 is 0 Å². The SMILES string of the molecule is [C-]#[N+]c1c(N)ncnc1N[C@H](C)c1cc2ccc(F)c(C)n2c(=O)c1-c1cccc(F)c1. The summed E-state index contributed by atoms with van der Waals surface area (Å²) in [6.45, 7) is 10.6. The minimum atomic E-state index is -0.536. The Labute approximate surface area is 182 Å². The first-order valence-electron chi connectivity index (χ1n) is 9.67. The van der Waals surface area contributed by atoms with E-state index in [1.807, 2.05) is 0 Å². The van der Waals surface area contributed by atoms with Crippen LogP contribution in [0.15, 0.2) is 53.6 Å². The van der Waals surface area contributed by atoms with Crippen molar-refractivity contribution in [3.63, 3.8) is 0 Å². The first kappa shape index (κ1) is 20.9. The number of pyridine rings is 2. The molecular formula is C23H18F2N6O. The molecule has 0 aliphatic rings. The zero-order chi connectivity index (χ0) is 23.0. The molecule has 0 saturated carbocycles. The van der Waals surface area contributed by atoms with Crippen molar-refractivity contribution in [1.29, 1.82) is 0 Å². The second-order valence-corrected chi connectivity index (χ2v) is 7.25. The second kappa shape index (κ2) is 8.07. The van der Waals surface area contributed by atoms with Crippen molar-refractivity contribution in [1.82, 2.24) is 14.4 Å². The molecule has 4 aromatic rings. The van der Waals surface area contributed by atoms with Crippen molar-refractivity contribution in [3.8, 4) is 11.1 Å². The molecule has 0 unspecified atom stereocenters. The molecule has 0 fully saturated rings. The summed E-state index contributed by atoms with van der Waals surface area (Å²) in [6, 6.07) is 9.63. The van der Waals surface area contributed by atoms with E-state index < -0.39 is 23.2 Å². The van der Waals surface area contributed by atoms with E-state index in [2.05, 4.69) is 20.1 Å². The lowest BCUT2D eigenvalue weighted by atomic mass is 9.96. The Kier molecular flexibility index (Phi) is 5.28. The number of halogens is 2. The van der Waals surface area contributed by atoms with Gasteiger partial charge in [0.15, 0.2) is 0 Å². The number of nitrogens with two attached hydrogens (primary N) is 1. The van der Waals surface area contributed by atoms with Crippen LogP contribution in [-0.4, -0.2) is 14.4 Å². The number of aromatic nitrogens is 3. The van der Waals surface area contributed by atoms with Crippen LogP contribution in [0, 0.1) is 25.1 Å². The minimum absolute atomic E-state index is 0.0275. The maximum absolute atomic E-state index is 14.2. The molecule has 3 N–H and O–H groups in total. The van der Waals surface area contributed by atoms with E-state index in [1.165, 1.54) is 48.0 Å². The molecule has 3 aromatic heterocycles. The molecule has 160 valence electrons. The predicted molar refractivity (Wildman–Crippen MR) is 119 cm³/mol. The van der Waals surface area contributed by atoms with Gasteiger partial charge in [-0.05, 0) is 55.3 Å². The molecule has 32 heavy (non-hydrogen) atoms. The second-order valence-electron chi connectivity index (χ2n) is 7.25. The zero-order valence-corrected chi connectivity index (χ0v) is 17.2.